The fourth-order valence-electron chi connectivity index (χ4n) is 2.74. The van der Waals surface area contributed by atoms with Gasteiger partial charge in [-0.15, -0.1) is 0 Å². The number of hydrogen-bond acceptors (Lipinski definition) is 10. The lowest BCUT2D eigenvalue weighted by atomic mass is 9.96. The van der Waals surface area contributed by atoms with E-state index in [2.05, 4.69) is 5.32 Å². The summed E-state index contributed by atoms with van der Waals surface area (Å²) in [4.78, 5) is 46.6. The second-order valence-corrected chi connectivity index (χ2v) is 6.25. The molecule has 1 heterocycles. The Labute approximate surface area is 169 Å². The lowest BCUT2D eigenvalue weighted by Crippen LogP contribution is -2.66. The number of nitrogens with one attached hydrogen (secondary N) is 1. The van der Waals surface area contributed by atoms with Crippen molar-refractivity contribution in [2.24, 2.45) is 0 Å². The van der Waals surface area contributed by atoms with Gasteiger partial charge in [-0.25, -0.2) is 4.79 Å². The number of ether oxygens (including phenoxy) is 6. The quantitative estimate of drug-likeness (QED) is 0.420. The highest BCUT2D eigenvalue weighted by molar-refractivity contribution is 5.69. The van der Waals surface area contributed by atoms with Gasteiger partial charge in [0.05, 0.1) is 6.61 Å². The van der Waals surface area contributed by atoms with E-state index in [9.17, 15) is 19.2 Å². The van der Waals surface area contributed by atoms with Gasteiger partial charge in [-0.05, 0) is 13.3 Å². The maximum absolute atomic E-state index is 12.0. The van der Waals surface area contributed by atoms with E-state index in [1.807, 2.05) is 6.92 Å². The summed E-state index contributed by atoms with van der Waals surface area (Å²) in [7, 11) is 0. The van der Waals surface area contributed by atoms with Gasteiger partial charge in [0.2, 0.25) is 0 Å². The molecule has 0 saturated carbocycles. The molecule has 0 aliphatic carbocycles. The molecule has 1 N–H and O–H groups in total. The van der Waals surface area contributed by atoms with E-state index in [1.165, 1.54) is 20.8 Å². The molecular weight excluding hydrogens is 390 g/mol. The van der Waals surface area contributed by atoms with E-state index in [4.69, 9.17) is 28.4 Å². The molecule has 166 valence electrons. The molecule has 1 aliphatic heterocycles. The lowest BCUT2D eigenvalue weighted by molar-refractivity contribution is -0.277. The van der Waals surface area contributed by atoms with Gasteiger partial charge in [0.25, 0.3) is 0 Å². The predicted molar refractivity (Wildman–Crippen MR) is 96.6 cm³/mol. The van der Waals surface area contributed by atoms with Crippen LogP contribution in [0.1, 0.15) is 41.0 Å². The van der Waals surface area contributed by atoms with Gasteiger partial charge in [-0.3, -0.25) is 14.4 Å². The third kappa shape index (κ3) is 8.24. The first kappa shape index (κ1) is 24.6. The van der Waals surface area contributed by atoms with E-state index in [-0.39, 0.29) is 19.8 Å². The van der Waals surface area contributed by atoms with Crippen molar-refractivity contribution in [3.8, 4) is 0 Å². The lowest BCUT2D eigenvalue weighted by Gasteiger charge is -2.44. The molecule has 1 aliphatic rings. The molecule has 11 nitrogen and oxygen atoms in total. The summed E-state index contributed by atoms with van der Waals surface area (Å²) in [6.07, 6.45) is -4.54. The molecule has 0 aromatic heterocycles. The predicted octanol–water partition coefficient (Wildman–Crippen LogP) is 0.679. The highest BCUT2D eigenvalue weighted by Crippen LogP contribution is 2.28. The average Bonchev–Trinajstić information content (AvgIpc) is 2.61. The zero-order valence-electron chi connectivity index (χ0n) is 17.3. The Balaban J connectivity index is 3.25. The van der Waals surface area contributed by atoms with Crippen molar-refractivity contribution in [3.05, 3.63) is 0 Å². The molecule has 0 aromatic carbocycles. The van der Waals surface area contributed by atoms with Crippen molar-refractivity contribution in [2.45, 2.75) is 71.7 Å². The van der Waals surface area contributed by atoms with Crippen molar-refractivity contribution in [1.82, 2.24) is 5.32 Å². The van der Waals surface area contributed by atoms with E-state index < -0.39 is 54.6 Å². The Bertz CT molecular complexity index is 581. The van der Waals surface area contributed by atoms with Crippen LogP contribution in [-0.4, -0.2) is 74.5 Å². The van der Waals surface area contributed by atoms with Gasteiger partial charge >= 0.3 is 24.0 Å². The third-order valence-electron chi connectivity index (χ3n) is 3.75. The number of alkyl carbamates (subject to hydrolysis) is 1. The van der Waals surface area contributed by atoms with Gasteiger partial charge in [0, 0.05) is 27.4 Å². The van der Waals surface area contributed by atoms with Crippen molar-refractivity contribution < 1.29 is 47.6 Å². The highest BCUT2D eigenvalue weighted by atomic mass is 16.7. The van der Waals surface area contributed by atoms with E-state index in [1.54, 1.807) is 6.92 Å². The molecule has 5 unspecified atom stereocenters. The number of amides is 1. The van der Waals surface area contributed by atoms with Crippen LogP contribution in [0, 0.1) is 0 Å². The van der Waals surface area contributed by atoms with Crippen LogP contribution in [0.2, 0.25) is 0 Å². The van der Waals surface area contributed by atoms with Crippen LogP contribution in [0.25, 0.3) is 0 Å². The van der Waals surface area contributed by atoms with E-state index in [0.717, 1.165) is 0 Å². The van der Waals surface area contributed by atoms with Crippen LogP contribution in [0.15, 0.2) is 0 Å². The van der Waals surface area contributed by atoms with Crippen LogP contribution >= 0.6 is 0 Å². The van der Waals surface area contributed by atoms with Crippen molar-refractivity contribution in [1.29, 1.82) is 0 Å². The summed E-state index contributed by atoms with van der Waals surface area (Å²) in [6.45, 7) is 7.16. The summed E-state index contributed by atoms with van der Waals surface area (Å²) in [5.41, 5.74) is 0. The summed E-state index contributed by atoms with van der Waals surface area (Å²) in [5.74, 6) is -1.92. The summed E-state index contributed by atoms with van der Waals surface area (Å²) < 4.78 is 32.0. The first-order chi connectivity index (χ1) is 13.7. The first-order valence-corrected chi connectivity index (χ1v) is 9.37. The Hall–Kier alpha value is -2.40. The zero-order chi connectivity index (χ0) is 22.0. The monoisotopic (exact) mass is 419 g/mol. The number of carbonyl (C=O) groups is 4. The molecule has 0 aromatic rings. The largest absolute Gasteiger partial charge is 0.463 e. The maximum Gasteiger partial charge on any atom is 0.407 e. The number of rotatable bonds is 9. The van der Waals surface area contributed by atoms with E-state index in [0.29, 0.717) is 6.42 Å². The topological polar surface area (TPSA) is 136 Å². The first-order valence-electron chi connectivity index (χ1n) is 9.37. The van der Waals surface area contributed by atoms with Crippen molar-refractivity contribution in [3.63, 3.8) is 0 Å². The van der Waals surface area contributed by atoms with Gasteiger partial charge in [0.15, 0.2) is 18.5 Å². The van der Waals surface area contributed by atoms with Crippen molar-refractivity contribution in [2.75, 3.05) is 19.8 Å². The SMILES string of the molecule is CCCOC1OC(COC(C)=O)C(OC(C)=O)C(OC(C)=O)C1NC(=O)OCC. The van der Waals surface area contributed by atoms with E-state index >= 15 is 0 Å². The standard InChI is InChI=1S/C18H29NO10/c1-6-8-25-17-14(19-18(23)24-7-2)16(28-12(5)22)15(27-11(4)21)13(29-17)9-26-10(3)20/h13-17H,6-9H2,1-5H3,(H,19,23). The van der Waals surface area contributed by atoms with Gasteiger partial charge in [0.1, 0.15) is 18.8 Å². The van der Waals surface area contributed by atoms with Crippen molar-refractivity contribution >= 4 is 24.0 Å². The smallest absolute Gasteiger partial charge is 0.407 e. The molecule has 0 bridgehead atoms. The van der Waals surface area contributed by atoms with Gasteiger partial charge in [-0.2, -0.15) is 0 Å². The summed E-state index contributed by atoms with van der Waals surface area (Å²) in [6, 6.07) is -1.04. The van der Waals surface area contributed by atoms with Crippen LogP contribution in [0.4, 0.5) is 4.79 Å². The van der Waals surface area contributed by atoms with Gasteiger partial charge in [-0.1, -0.05) is 6.92 Å². The minimum Gasteiger partial charge on any atom is -0.463 e. The molecule has 0 radical (unpaired) electrons. The fraction of sp³-hybridized carbons (Fsp3) is 0.778. The fourth-order valence-corrected chi connectivity index (χ4v) is 2.74. The maximum atomic E-state index is 12.0. The molecule has 0 spiro atoms. The molecule has 1 amide bonds. The Kier molecular flexibility index (Phi) is 10.4. The average molecular weight is 419 g/mol. The molecule has 5 atom stereocenters. The van der Waals surface area contributed by atoms with Crippen LogP contribution < -0.4 is 5.32 Å². The van der Waals surface area contributed by atoms with Crippen LogP contribution in [0.5, 0.6) is 0 Å². The molecule has 11 heteroatoms. The normalized spacial score (nSPS) is 26.2. The summed E-state index contributed by atoms with van der Waals surface area (Å²) in [5, 5.41) is 2.54. The number of carbonyl (C=O) groups excluding carboxylic acids is 4. The molecular formula is C18H29NO10. The van der Waals surface area contributed by atoms with Gasteiger partial charge < -0.3 is 33.7 Å². The second-order valence-electron chi connectivity index (χ2n) is 6.25. The van der Waals surface area contributed by atoms with Crippen LogP contribution in [0.3, 0.4) is 0 Å². The Morgan fingerprint density at radius 2 is 1.52 bits per heavy atom. The molecule has 1 saturated heterocycles. The molecule has 29 heavy (non-hydrogen) atoms. The zero-order valence-corrected chi connectivity index (χ0v) is 17.3. The Morgan fingerprint density at radius 3 is 2.03 bits per heavy atom. The minimum absolute atomic E-state index is 0.112. The number of hydrogen-bond donors (Lipinski definition) is 1. The molecule has 1 rings (SSSR count). The minimum atomic E-state index is -1.17. The van der Waals surface area contributed by atoms with Crippen LogP contribution in [-0.2, 0) is 42.8 Å². The highest BCUT2D eigenvalue weighted by Gasteiger charge is 2.51. The second kappa shape index (κ2) is 12.2. The summed E-state index contributed by atoms with van der Waals surface area (Å²) >= 11 is 0. The Morgan fingerprint density at radius 1 is 0.897 bits per heavy atom. The molecule has 1 fully saturated rings. The third-order valence-corrected chi connectivity index (χ3v) is 3.75. The number of esters is 3.